The van der Waals surface area contributed by atoms with Gasteiger partial charge in [-0.1, -0.05) is 12.1 Å². The maximum Gasteiger partial charge on any atom is 0.253 e. The first-order valence-electron chi connectivity index (χ1n) is 9.27. The lowest BCUT2D eigenvalue weighted by Gasteiger charge is -2.31. The zero-order valence-corrected chi connectivity index (χ0v) is 16.0. The Morgan fingerprint density at radius 3 is 2.54 bits per heavy atom. The summed E-state index contributed by atoms with van der Waals surface area (Å²) in [7, 11) is 0. The number of thiazole rings is 1. The Hall–Kier alpha value is -2.80. The monoisotopic (exact) mass is 397 g/mol. The van der Waals surface area contributed by atoms with E-state index in [1.54, 1.807) is 16.2 Å². The highest BCUT2D eigenvalue weighted by molar-refractivity contribution is 7.18. The zero-order chi connectivity index (χ0) is 19.5. The maximum absolute atomic E-state index is 13.0. The highest BCUT2D eigenvalue weighted by atomic mass is 32.1. The molecule has 1 fully saturated rings. The van der Waals surface area contributed by atoms with E-state index in [0.717, 1.165) is 15.2 Å². The topological polar surface area (TPSA) is 62.3 Å². The molecule has 144 valence electrons. The number of carbonyl (C=O) groups is 2. The standard InChI is InChI=1S/C21H20FN3O2S/c22-16-7-5-15(6-8-16)21(27)25-11-9-14(10-12-25)20(26)23-13-19-24-17-3-1-2-4-18(17)28-19/h1-8,14H,9-13H2,(H,23,26). The lowest BCUT2D eigenvalue weighted by molar-refractivity contribution is -0.126. The Morgan fingerprint density at radius 2 is 1.82 bits per heavy atom. The highest BCUT2D eigenvalue weighted by Crippen LogP contribution is 2.22. The number of hydrogen-bond acceptors (Lipinski definition) is 4. The zero-order valence-electron chi connectivity index (χ0n) is 15.2. The molecule has 4 rings (SSSR count). The number of piperidine rings is 1. The number of aromatic nitrogens is 1. The second-order valence-corrected chi connectivity index (χ2v) is 7.98. The van der Waals surface area contributed by atoms with E-state index in [0.29, 0.717) is 38.0 Å². The average Bonchev–Trinajstić information content (AvgIpc) is 3.15. The van der Waals surface area contributed by atoms with E-state index in [9.17, 15) is 14.0 Å². The molecule has 1 aliphatic heterocycles. The summed E-state index contributed by atoms with van der Waals surface area (Å²) in [5.74, 6) is -0.576. The van der Waals surface area contributed by atoms with Crippen molar-refractivity contribution in [3.8, 4) is 0 Å². The predicted molar refractivity (Wildman–Crippen MR) is 106 cm³/mol. The number of hydrogen-bond donors (Lipinski definition) is 1. The van der Waals surface area contributed by atoms with Gasteiger partial charge in [-0.3, -0.25) is 9.59 Å². The first kappa shape index (κ1) is 18.6. The highest BCUT2D eigenvalue weighted by Gasteiger charge is 2.27. The van der Waals surface area contributed by atoms with Crippen LogP contribution < -0.4 is 5.32 Å². The molecule has 1 saturated heterocycles. The quantitative estimate of drug-likeness (QED) is 0.732. The van der Waals surface area contributed by atoms with Crippen LogP contribution in [0, 0.1) is 11.7 Å². The predicted octanol–water partition coefficient (Wildman–Crippen LogP) is 3.60. The van der Waals surface area contributed by atoms with Crippen molar-refractivity contribution in [3.63, 3.8) is 0 Å². The molecule has 7 heteroatoms. The summed E-state index contributed by atoms with van der Waals surface area (Å²) in [6.07, 6.45) is 1.25. The van der Waals surface area contributed by atoms with Gasteiger partial charge in [0.1, 0.15) is 10.8 Å². The van der Waals surface area contributed by atoms with Crippen molar-refractivity contribution in [3.05, 3.63) is 64.9 Å². The van der Waals surface area contributed by atoms with Crippen LogP contribution in [0.15, 0.2) is 48.5 Å². The molecule has 0 atom stereocenters. The number of benzene rings is 2. The van der Waals surface area contributed by atoms with Crippen LogP contribution >= 0.6 is 11.3 Å². The molecule has 0 saturated carbocycles. The Morgan fingerprint density at radius 1 is 1.11 bits per heavy atom. The number of likely N-dealkylation sites (tertiary alicyclic amines) is 1. The van der Waals surface area contributed by atoms with Crippen molar-refractivity contribution in [2.75, 3.05) is 13.1 Å². The Balaban J connectivity index is 1.28. The van der Waals surface area contributed by atoms with E-state index in [1.807, 2.05) is 24.3 Å². The molecule has 0 radical (unpaired) electrons. The summed E-state index contributed by atoms with van der Waals surface area (Å²) in [6, 6.07) is 13.5. The fourth-order valence-corrected chi connectivity index (χ4v) is 4.33. The van der Waals surface area contributed by atoms with E-state index in [1.165, 1.54) is 24.3 Å². The molecule has 0 spiro atoms. The number of carbonyl (C=O) groups excluding carboxylic acids is 2. The van der Waals surface area contributed by atoms with Crippen molar-refractivity contribution in [2.45, 2.75) is 19.4 Å². The molecule has 3 aromatic rings. The molecule has 1 N–H and O–H groups in total. The molecule has 0 unspecified atom stereocenters. The lowest BCUT2D eigenvalue weighted by atomic mass is 9.95. The second-order valence-electron chi connectivity index (χ2n) is 6.87. The summed E-state index contributed by atoms with van der Waals surface area (Å²) < 4.78 is 14.1. The molecule has 2 heterocycles. The molecule has 28 heavy (non-hydrogen) atoms. The van der Waals surface area contributed by atoms with Crippen LogP contribution in [0.5, 0.6) is 0 Å². The van der Waals surface area contributed by atoms with Gasteiger partial charge in [0.2, 0.25) is 5.91 Å². The minimum atomic E-state index is -0.361. The number of nitrogens with one attached hydrogen (secondary N) is 1. The molecule has 0 aliphatic carbocycles. The molecular weight excluding hydrogens is 377 g/mol. The summed E-state index contributed by atoms with van der Waals surface area (Å²) >= 11 is 1.58. The fraction of sp³-hybridized carbons (Fsp3) is 0.286. The third-order valence-electron chi connectivity index (χ3n) is 5.00. The van der Waals surface area contributed by atoms with Crippen molar-refractivity contribution in [1.82, 2.24) is 15.2 Å². The van der Waals surface area contributed by atoms with Crippen LogP contribution in [-0.2, 0) is 11.3 Å². The molecule has 1 aliphatic rings. The van der Waals surface area contributed by atoms with Gasteiger partial charge in [0.05, 0.1) is 16.8 Å². The van der Waals surface area contributed by atoms with Gasteiger partial charge in [-0.15, -0.1) is 11.3 Å². The van der Waals surface area contributed by atoms with Gasteiger partial charge in [0.25, 0.3) is 5.91 Å². The van der Waals surface area contributed by atoms with E-state index in [2.05, 4.69) is 10.3 Å². The number of halogens is 1. The Kier molecular flexibility index (Phi) is 5.34. The normalized spacial score (nSPS) is 15.0. The maximum atomic E-state index is 13.0. The van der Waals surface area contributed by atoms with Gasteiger partial charge in [-0.2, -0.15) is 0 Å². The summed E-state index contributed by atoms with van der Waals surface area (Å²) in [6.45, 7) is 1.47. The van der Waals surface area contributed by atoms with Crippen LogP contribution in [-0.4, -0.2) is 34.8 Å². The number of fused-ring (bicyclic) bond motifs is 1. The summed E-state index contributed by atoms with van der Waals surface area (Å²) in [5, 5.41) is 3.86. The van der Waals surface area contributed by atoms with E-state index in [4.69, 9.17) is 0 Å². The van der Waals surface area contributed by atoms with Crippen LogP contribution in [0.3, 0.4) is 0 Å². The van der Waals surface area contributed by atoms with Crippen molar-refractivity contribution < 1.29 is 14.0 Å². The van der Waals surface area contributed by atoms with Crippen molar-refractivity contribution >= 4 is 33.4 Å². The SMILES string of the molecule is O=C(NCc1nc2ccccc2s1)C1CCN(C(=O)c2ccc(F)cc2)CC1. The van der Waals surface area contributed by atoms with Gasteiger partial charge in [-0.25, -0.2) is 9.37 Å². The van der Waals surface area contributed by atoms with Crippen molar-refractivity contribution in [1.29, 1.82) is 0 Å². The summed E-state index contributed by atoms with van der Waals surface area (Å²) in [5.41, 5.74) is 1.42. The number of rotatable bonds is 4. The second kappa shape index (κ2) is 8.06. The smallest absolute Gasteiger partial charge is 0.253 e. The van der Waals surface area contributed by atoms with Gasteiger partial charge < -0.3 is 10.2 Å². The molecule has 0 bridgehead atoms. The molecule has 2 amide bonds. The fourth-order valence-electron chi connectivity index (χ4n) is 3.42. The van der Waals surface area contributed by atoms with E-state index in [-0.39, 0.29) is 23.5 Å². The lowest BCUT2D eigenvalue weighted by Crippen LogP contribution is -2.42. The van der Waals surface area contributed by atoms with Gasteiger partial charge >= 0.3 is 0 Å². The van der Waals surface area contributed by atoms with Gasteiger partial charge in [0, 0.05) is 24.6 Å². The third kappa shape index (κ3) is 4.04. The molecular formula is C21H20FN3O2S. The van der Waals surface area contributed by atoms with Crippen LogP contribution in [0.2, 0.25) is 0 Å². The Labute approximate surface area is 166 Å². The van der Waals surface area contributed by atoms with E-state index >= 15 is 0 Å². The summed E-state index contributed by atoms with van der Waals surface area (Å²) in [4.78, 5) is 31.2. The Bertz CT molecular complexity index is 961. The van der Waals surface area contributed by atoms with E-state index < -0.39 is 0 Å². The van der Waals surface area contributed by atoms with Crippen LogP contribution in [0.4, 0.5) is 4.39 Å². The van der Waals surface area contributed by atoms with Gasteiger partial charge in [0.15, 0.2) is 0 Å². The van der Waals surface area contributed by atoms with Crippen LogP contribution in [0.25, 0.3) is 10.2 Å². The first-order valence-corrected chi connectivity index (χ1v) is 10.1. The largest absolute Gasteiger partial charge is 0.349 e. The first-order chi connectivity index (χ1) is 13.6. The number of amides is 2. The molecule has 1 aromatic heterocycles. The van der Waals surface area contributed by atoms with Gasteiger partial charge in [-0.05, 0) is 49.2 Å². The minimum absolute atomic E-state index is 0.00753. The van der Waals surface area contributed by atoms with Crippen LogP contribution in [0.1, 0.15) is 28.2 Å². The molecule has 5 nitrogen and oxygen atoms in total. The van der Waals surface area contributed by atoms with Crippen molar-refractivity contribution in [2.24, 2.45) is 5.92 Å². The molecule has 2 aromatic carbocycles. The average molecular weight is 397 g/mol. The number of para-hydroxylation sites is 1. The number of nitrogens with zero attached hydrogens (tertiary/aromatic N) is 2. The minimum Gasteiger partial charge on any atom is -0.349 e. The third-order valence-corrected chi connectivity index (χ3v) is 6.03.